The van der Waals surface area contributed by atoms with E-state index >= 15 is 0 Å². The maximum atomic E-state index is 4.37. The second-order valence-electron chi connectivity index (χ2n) is 5.89. The molecule has 1 saturated carbocycles. The number of hydrogen-bond acceptors (Lipinski definition) is 2. The molecule has 0 amide bonds. The quantitative estimate of drug-likeness (QED) is 0.847. The number of aromatic nitrogens is 2. The summed E-state index contributed by atoms with van der Waals surface area (Å²) in [6.07, 6.45) is 10.9. The number of nitrogens with zero attached hydrogens (tertiary/aromatic N) is 2. The third kappa shape index (κ3) is 2.25. The van der Waals surface area contributed by atoms with Gasteiger partial charge in [0, 0.05) is 30.9 Å². The molecule has 3 heteroatoms. The minimum Gasteiger partial charge on any atom is -0.334 e. The Hall–Kier alpha value is -0.830. The molecule has 1 aliphatic heterocycles. The molecule has 1 aromatic heterocycles. The zero-order chi connectivity index (χ0) is 11.7. The zero-order valence-electron chi connectivity index (χ0n) is 10.8. The van der Waals surface area contributed by atoms with Gasteiger partial charge in [-0.25, -0.2) is 4.98 Å². The second-order valence-corrected chi connectivity index (χ2v) is 5.89. The molecule has 1 saturated heterocycles. The summed E-state index contributed by atoms with van der Waals surface area (Å²) in [5.41, 5.74) is 2.08. The van der Waals surface area contributed by atoms with Crippen LogP contribution in [0.1, 0.15) is 50.6 Å². The van der Waals surface area contributed by atoms with E-state index in [0.717, 1.165) is 13.1 Å². The molecule has 0 spiro atoms. The van der Waals surface area contributed by atoms with Gasteiger partial charge < -0.3 is 9.88 Å². The van der Waals surface area contributed by atoms with Gasteiger partial charge in [-0.1, -0.05) is 13.3 Å². The highest BCUT2D eigenvalue weighted by Gasteiger charge is 2.42. The molecule has 0 bridgehead atoms. The third-order valence-corrected chi connectivity index (χ3v) is 4.47. The van der Waals surface area contributed by atoms with Crippen LogP contribution in [0.5, 0.6) is 0 Å². The van der Waals surface area contributed by atoms with Crippen molar-refractivity contribution in [3.63, 3.8) is 0 Å². The predicted octanol–water partition coefficient (Wildman–Crippen LogP) is 2.54. The van der Waals surface area contributed by atoms with E-state index in [4.69, 9.17) is 0 Å². The molecular formula is C14H23N3. The van der Waals surface area contributed by atoms with E-state index in [2.05, 4.69) is 28.0 Å². The van der Waals surface area contributed by atoms with Gasteiger partial charge in [0.2, 0.25) is 0 Å². The number of hydrogen-bond donors (Lipinski definition) is 1. The van der Waals surface area contributed by atoms with E-state index in [-0.39, 0.29) is 0 Å². The van der Waals surface area contributed by atoms with Crippen molar-refractivity contribution in [3.8, 4) is 0 Å². The first-order chi connectivity index (χ1) is 8.33. The van der Waals surface area contributed by atoms with Crippen molar-refractivity contribution in [2.24, 2.45) is 5.41 Å². The first kappa shape index (κ1) is 11.3. The van der Waals surface area contributed by atoms with Gasteiger partial charge >= 0.3 is 0 Å². The first-order valence-electron chi connectivity index (χ1n) is 7.04. The lowest BCUT2D eigenvalue weighted by molar-refractivity contribution is 0.378. The van der Waals surface area contributed by atoms with Crippen molar-refractivity contribution in [1.82, 2.24) is 14.9 Å². The van der Waals surface area contributed by atoms with Gasteiger partial charge in [-0.05, 0) is 37.6 Å². The van der Waals surface area contributed by atoms with Gasteiger partial charge in [0.05, 0.1) is 6.33 Å². The maximum Gasteiger partial charge on any atom is 0.0948 e. The molecule has 2 fully saturated rings. The minimum absolute atomic E-state index is 0.621. The van der Waals surface area contributed by atoms with Crippen LogP contribution in [0.2, 0.25) is 0 Å². The Kier molecular flexibility index (Phi) is 2.95. The van der Waals surface area contributed by atoms with Gasteiger partial charge in [0.15, 0.2) is 0 Å². The highest BCUT2D eigenvalue weighted by Crippen LogP contribution is 2.51. The Morgan fingerprint density at radius 2 is 2.41 bits per heavy atom. The highest BCUT2D eigenvalue weighted by atomic mass is 15.1. The lowest BCUT2D eigenvalue weighted by Gasteiger charge is -2.19. The SMILES string of the molecule is CCCC1(Cn2cncc2C2CCNC2)CC1. The van der Waals surface area contributed by atoms with Crippen molar-refractivity contribution in [1.29, 1.82) is 0 Å². The summed E-state index contributed by atoms with van der Waals surface area (Å²) in [7, 11) is 0. The summed E-state index contributed by atoms with van der Waals surface area (Å²) in [5.74, 6) is 0.690. The molecule has 1 aromatic rings. The van der Waals surface area contributed by atoms with Crippen LogP contribution in [0.15, 0.2) is 12.5 Å². The molecular weight excluding hydrogens is 210 g/mol. The molecule has 2 aliphatic rings. The Morgan fingerprint density at radius 3 is 3.06 bits per heavy atom. The van der Waals surface area contributed by atoms with Crippen LogP contribution in [0.4, 0.5) is 0 Å². The van der Waals surface area contributed by atoms with E-state index in [1.54, 1.807) is 0 Å². The van der Waals surface area contributed by atoms with Crippen LogP contribution in [0.3, 0.4) is 0 Å². The van der Waals surface area contributed by atoms with Gasteiger partial charge in [0.1, 0.15) is 0 Å². The summed E-state index contributed by atoms with van der Waals surface area (Å²) in [4.78, 5) is 4.37. The van der Waals surface area contributed by atoms with Crippen molar-refractivity contribution in [2.45, 2.75) is 51.5 Å². The standard InChI is InChI=1S/C14H23N3/c1-2-4-14(5-6-14)10-17-11-16-9-13(17)12-3-7-15-8-12/h9,11-12,15H,2-8,10H2,1H3. The second kappa shape index (κ2) is 4.45. The van der Waals surface area contributed by atoms with E-state index in [1.807, 2.05) is 6.33 Å². The smallest absolute Gasteiger partial charge is 0.0948 e. The molecule has 1 aliphatic carbocycles. The Labute approximate surface area is 104 Å². The topological polar surface area (TPSA) is 29.9 Å². The molecule has 3 rings (SSSR count). The molecule has 1 N–H and O–H groups in total. The lowest BCUT2D eigenvalue weighted by atomic mass is 9.99. The number of rotatable bonds is 5. The normalized spacial score (nSPS) is 26.3. The van der Waals surface area contributed by atoms with Crippen LogP contribution in [-0.4, -0.2) is 22.6 Å². The summed E-state index contributed by atoms with van der Waals surface area (Å²) < 4.78 is 2.43. The van der Waals surface area contributed by atoms with Crippen LogP contribution in [-0.2, 0) is 6.54 Å². The lowest BCUT2D eigenvalue weighted by Crippen LogP contribution is -2.16. The highest BCUT2D eigenvalue weighted by molar-refractivity contribution is 5.10. The molecule has 1 atom stereocenters. The van der Waals surface area contributed by atoms with Crippen LogP contribution < -0.4 is 5.32 Å². The van der Waals surface area contributed by atoms with Crippen LogP contribution in [0.25, 0.3) is 0 Å². The van der Waals surface area contributed by atoms with Gasteiger partial charge in [0.25, 0.3) is 0 Å². The summed E-state index contributed by atoms with van der Waals surface area (Å²) in [6, 6.07) is 0. The summed E-state index contributed by atoms with van der Waals surface area (Å²) >= 11 is 0. The van der Waals surface area contributed by atoms with E-state index in [1.165, 1.54) is 44.3 Å². The molecule has 0 aromatic carbocycles. The molecule has 3 nitrogen and oxygen atoms in total. The largest absolute Gasteiger partial charge is 0.334 e. The fourth-order valence-electron chi connectivity index (χ4n) is 3.27. The molecule has 94 valence electrons. The minimum atomic E-state index is 0.621. The monoisotopic (exact) mass is 233 g/mol. The van der Waals surface area contributed by atoms with Crippen LogP contribution in [0, 0.1) is 5.41 Å². The Bertz CT molecular complexity index is 373. The number of nitrogens with one attached hydrogen (secondary N) is 1. The molecule has 17 heavy (non-hydrogen) atoms. The fraction of sp³-hybridized carbons (Fsp3) is 0.786. The van der Waals surface area contributed by atoms with Crippen molar-refractivity contribution < 1.29 is 0 Å². The van der Waals surface area contributed by atoms with E-state index in [9.17, 15) is 0 Å². The predicted molar refractivity (Wildman–Crippen MR) is 69.0 cm³/mol. The van der Waals surface area contributed by atoms with Gasteiger partial charge in [-0.2, -0.15) is 0 Å². The Morgan fingerprint density at radius 1 is 1.53 bits per heavy atom. The van der Waals surface area contributed by atoms with Gasteiger partial charge in [-0.3, -0.25) is 0 Å². The summed E-state index contributed by atoms with van der Waals surface area (Å²) in [5, 5.41) is 3.45. The van der Waals surface area contributed by atoms with Crippen molar-refractivity contribution in [3.05, 3.63) is 18.2 Å². The van der Waals surface area contributed by atoms with E-state index < -0.39 is 0 Å². The first-order valence-corrected chi connectivity index (χ1v) is 7.04. The molecule has 2 heterocycles. The third-order valence-electron chi connectivity index (χ3n) is 4.47. The van der Waals surface area contributed by atoms with Crippen molar-refractivity contribution in [2.75, 3.05) is 13.1 Å². The maximum absolute atomic E-state index is 4.37. The fourth-order valence-corrected chi connectivity index (χ4v) is 3.27. The average molecular weight is 233 g/mol. The van der Waals surface area contributed by atoms with Crippen LogP contribution >= 0.6 is 0 Å². The van der Waals surface area contributed by atoms with E-state index in [0.29, 0.717) is 11.3 Å². The Balaban J connectivity index is 1.72. The summed E-state index contributed by atoms with van der Waals surface area (Å²) in [6.45, 7) is 5.80. The molecule has 0 radical (unpaired) electrons. The average Bonchev–Trinajstić information content (AvgIpc) is 2.77. The zero-order valence-corrected chi connectivity index (χ0v) is 10.8. The van der Waals surface area contributed by atoms with Gasteiger partial charge in [-0.15, -0.1) is 0 Å². The molecule has 1 unspecified atom stereocenters. The number of imidazole rings is 1. The van der Waals surface area contributed by atoms with Crippen molar-refractivity contribution >= 4 is 0 Å².